The van der Waals surface area contributed by atoms with E-state index in [0.29, 0.717) is 5.78 Å². The first-order valence-electron chi connectivity index (χ1n) is 5.12. The smallest absolute Gasteiger partial charge is 0.146 e. The van der Waals surface area contributed by atoms with Crippen molar-refractivity contribution in [3.8, 4) is 0 Å². The molecule has 0 spiro atoms. The number of carbonyl (C=O) groups excluding carboxylic acids is 1. The summed E-state index contributed by atoms with van der Waals surface area (Å²) in [6.07, 6.45) is 7.31. The monoisotopic (exact) mass is 167 g/mol. The van der Waals surface area contributed by atoms with Crippen LogP contribution in [0.15, 0.2) is 0 Å². The zero-order valence-corrected chi connectivity index (χ0v) is 7.59. The first kappa shape index (κ1) is 8.24. The summed E-state index contributed by atoms with van der Waals surface area (Å²) in [5.74, 6) is 0.452. The quantitative estimate of drug-likeness (QED) is 0.591. The topological polar surface area (TPSA) is 20.3 Å². The summed E-state index contributed by atoms with van der Waals surface area (Å²) in [5, 5.41) is 0. The fourth-order valence-electron chi connectivity index (χ4n) is 2.45. The molecule has 0 unspecified atom stereocenters. The third kappa shape index (κ3) is 1.69. The second-order valence-corrected chi connectivity index (χ2v) is 4.05. The summed E-state index contributed by atoms with van der Waals surface area (Å²) >= 11 is 0. The Kier molecular flexibility index (Phi) is 2.45. The lowest BCUT2D eigenvalue weighted by Crippen LogP contribution is -2.41. The van der Waals surface area contributed by atoms with E-state index in [4.69, 9.17) is 0 Å². The fraction of sp³-hybridized carbons (Fsp3) is 0.900. The van der Waals surface area contributed by atoms with E-state index in [0.717, 1.165) is 32.0 Å². The highest BCUT2D eigenvalue weighted by Crippen LogP contribution is 2.25. The molecule has 0 aromatic rings. The fourth-order valence-corrected chi connectivity index (χ4v) is 2.45. The molecule has 0 N–H and O–H groups in total. The van der Waals surface area contributed by atoms with Gasteiger partial charge in [-0.25, -0.2) is 0 Å². The van der Waals surface area contributed by atoms with Crippen LogP contribution in [0.25, 0.3) is 0 Å². The molecule has 68 valence electrons. The van der Waals surface area contributed by atoms with Gasteiger partial charge >= 0.3 is 0 Å². The van der Waals surface area contributed by atoms with E-state index < -0.39 is 0 Å². The Morgan fingerprint density at radius 1 is 1.17 bits per heavy atom. The molecule has 1 saturated heterocycles. The first-order chi connectivity index (χ1) is 5.86. The van der Waals surface area contributed by atoms with Crippen LogP contribution in [0.3, 0.4) is 0 Å². The van der Waals surface area contributed by atoms with E-state index >= 15 is 0 Å². The predicted octanol–water partition coefficient (Wildman–Crippen LogP) is 1.59. The lowest BCUT2D eigenvalue weighted by Gasteiger charge is -2.31. The number of likely N-dealkylation sites (tertiary alicyclic amines) is 1. The number of hydrogen-bond donors (Lipinski definition) is 0. The molecular weight excluding hydrogens is 150 g/mol. The maximum atomic E-state index is 11.2. The molecule has 2 heteroatoms. The number of carbonyl (C=O) groups is 1. The van der Waals surface area contributed by atoms with Crippen LogP contribution in [0, 0.1) is 0 Å². The molecular formula is C10H17NO. The SMILES string of the molecule is O=C1CCCN(C2CCCC2)C1. The lowest BCUT2D eigenvalue weighted by molar-refractivity contribution is -0.122. The van der Waals surface area contributed by atoms with E-state index in [2.05, 4.69) is 4.90 Å². The summed E-state index contributed by atoms with van der Waals surface area (Å²) in [6, 6.07) is 0.745. The molecule has 12 heavy (non-hydrogen) atoms. The number of piperidine rings is 1. The van der Waals surface area contributed by atoms with Crippen molar-refractivity contribution < 1.29 is 4.79 Å². The number of ketones is 1. The van der Waals surface area contributed by atoms with Gasteiger partial charge in [0, 0.05) is 12.5 Å². The highest BCUT2D eigenvalue weighted by Gasteiger charge is 2.26. The average molecular weight is 167 g/mol. The van der Waals surface area contributed by atoms with Crippen molar-refractivity contribution in [1.82, 2.24) is 4.90 Å². The molecule has 2 aliphatic rings. The predicted molar refractivity (Wildman–Crippen MR) is 48.1 cm³/mol. The van der Waals surface area contributed by atoms with Gasteiger partial charge in [0.1, 0.15) is 5.78 Å². The zero-order chi connectivity index (χ0) is 8.39. The Balaban J connectivity index is 1.89. The minimum absolute atomic E-state index is 0.452. The lowest BCUT2D eigenvalue weighted by atomic mass is 10.1. The minimum atomic E-state index is 0.452. The molecule has 1 aliphatic heterocycles. The highest BCUT2D eigenvalue weighted by molar-refractivity contribution is 5.81. The molecule has 0 bridgehead atoms. The Labute approximate surface area is 73.9 Å². The van der Waals surface area contributed by atoms with Gasteiger partial charge in [0.15, 0.2) is 0 Å². The van der Waals surface area contributed by atoms with Gasteiger partial charge in [-0.2, -0.15) is 0 Å². The highest BCUT2D eigenvalue weighted by atomic mass is 16.1. The molecule has 0 amide bonds. The molecule has 1 heterocycles. The molecule has 1 saturated carbocycles. The number of rotatable bonds is 1. The third-order valence-corrected chi connectivity index (χ3v) is 3.12. The van der Waals surface area contributed by atoms with Crippen molar-refractivity contribution in [3.05, 3.63) is 0 Å². The maximum Gasteiger partial charge on any atom is 0.146 e. The van der Waals surface area contributed by atoms with E-state index in [1.165, 1.54) is 25.7 Å². The van der Waals surface area contributed by atoms with Crippen molar-refractivity contribution in [3.63, 3.8) is 0 Å². The standard InChI is InChI=1S/C10H17NO/c12-10-6-3-7-11(8-10)9-4-1-2-5-9/h9H,1-8H2. The van der Waals surface area contributed by atoms with Gasteiger partial charge in [-0.05, 0) is 25.8 Å². The number of Topliss-reactive ketones (excluding diaryl/α,β-unsaturated/α-hetero) is 1. The molecule has 0 radical (unpaired) electrons. The van der Waals surface area contributed by atoms with Crippen LogP contribution in [-0.4, -0.2) is 29.8 Å². The van der Waals surface area contributed by atoms with Crippen LogP contribution in [-0.2, 0) is 4.79 Å². The minimum Gasteiger partial charge on any atom is -0.298 e. The van der Waals surface area contributed by atoms with Crippen molar-refractivity contribution in [1.29, 1.82) is 0 Å². The van der Waals surface area contributed by atoms with Crippen LogP contribution in [0.1, 0.15) is 38.5 Å². The normalized spacial score (nSPS) is 28.2. The summed E-state index contributed by atoms with van der Waals surface area (Å²) < 4.78 is 0. The first-order valence-corrected chi connectivity index (χ1v) is 5.12. The van der Waals surface area contributed by atoms with Crippen molar-refractivity contribution in [2.24, 2.45) is 0 Å². The molecule has 0 aromatic carbocycles. The van der Waals surface area contributed by atoms with E-state index in [-0.39, 0.29) is 0 Å². The van der Waals surface area contributed by atoms with E-state index in [1.807, 2.05) is 0 Å². The van der Waals surface area contributed by atoms with Gasteiger partial charge in [-0.3, -0.25) is 9.69 Å². The zero-order valence-electron chi connectivity index (χ0n) is 7.59. The van der Waals surface area contributed by atoms with Crippen LogP contribution < -0.4 is 0 Å². The Morgan fingerprint density at radius 2 is 1.92 bits per heavy atom. The molecule has 0 aromatic heterocycles. The average Bonchev–Trinajstić information content (AvgIpc) is 2.56. The molecule has 0 atom stereocenters. The van der Waals surface area contributed by atoms with Crippen molar-refractivity contribution >= 4 is 5.78 Å². The van der Waals surface area contributed by atoms with Gasteiger partial charge in [0.2, 0.25) is 0 Å². The Hall–Kier alpha value is -0.370. The molecule has 2 rings (SSSR count). The second-order valence-electron chi connectivity index (χ2n) is 4.05. The van der Waals surface area contributed by atoms with Crippen LogP contribution in [0.2, 0.25) is 0 Å². The second kappa shape index (κ2) is 3.56. The summed E-state index contributed by atoms with van der Waals surface area (Å²) in [7, 11) is 0. The summed E-state index contributed by atoms with van der Waals surface area (Å²) in [6.45, 7) is 1.90. The van der Waals surface area contributed by atoms with Gasteiger partial charge in [0.05, 0.1) is 6.54 Å². The van der Waals surface area contributed by atoms with Crippen LogP contribution >= 0.6 is 0 Å². The van der Waals surface area contributed by atoms with E-state index in [1.54, 1.807) is 0 Å². The van der Waals surface area contributed by atoms with Crippen molar-refractivity contribution in [2.45, 2.75) is 44.6 Å². The molecule has 2 nitrogen and oxygen atoms in total. The number of hydrogen-bond acceptors (Lipinski definition) is 2. The van der Waals surface area contributed by atoms with Crippen LogP contribution in [0.5, 0.6) is 0 Å². The molecule has 2 fully saturated rings. The van der Waals surface area contributed by atoms with Gasteiger partial charge in [-0.15, -0.1) is 0 Å². The van der Waals surface area contributed by atoms with Gasteiger partial charge < -0.3 is 0 Å². The Bertz CT molecular complexity index is 173. The third-order valence-electron chi connectivity index (χ3n) is 3.12. The number of nitrogens with zero attached hydrogens (tertiary/aromatic N) is 1. The van der Waals surface area contributed by atoms with Gasteiger partial charge in [-0.1, -0.05) is 12.8 Å². The van der Waals surface area contributed by atoms with E-state index in [9.17, 15) is 4.79 Å². The Morgan fingerprint density at radius 3 is 2.58 bits per heavy atom. The van der Waals surface area contributed by atoms with Crippen molar-refractivity contribution in [2.75, 3.05) is 13.1 Å². The van der Waals surface area contributed by atoms with Crippen LogP contribution in [0.4, 0.5) is 0 Å². The summed E-state index contributed by atoms with van der Waals surface area (Å²) in [5.41, 5.74) is 0. The largest absolute Gasteiger partial charge is 0.298 e. The maximum absolute atomic E-state index is 11.2. The molecule has 1 aliphatic carbocycles. The summed E-state index contributed by atoms with van der Waals surface area (Å²) in [4.78, 5) is 13.6. The van der Waals surface area contributed by atoms with Gasteiger partial charge in [0.25, 0.3) is 0 Å².